The smallest absolute Gasteiger partial charge is 0.360 e. The number of aromatic nitrogens is 2. The van der Waals surface area contributed by atoms with Crippen LogP contribution in [0.4, 0.5) is 5.82 Å². The molecule has 100 valence electrons. The number of imidazole rings is 1. The third-order valence-corrected chi connectivity index (χ3v) is 3.28. The Labute approximate surface area is 106 Å². The molecule has 1 atom stereocenters. The standard InChI is InChI=1S/C12H19N3O3/c1-8-14-10(12(16)17-2)11(13)15(8)6-5-9-4-3-7-18-9/h9H,3-7,13H2,1-2H3. The van der Waals surface area contributed by atoms with Gasteiger partial charge in [0.15, 0.2) is 5.69 Å². The second kappa shape index (κ2) is 5.39. The van der Waals surface area contributed by atoms with Crippen LogP contribution in [0.5, 0.6) is 0 Å². The molecule has 0 amide bonds. The van der Waals surface area contributed by atoms with E-state index in [1.807, 2.05) is 11.5 Å². The number of methoxy groups -OCH3 is 1. The molecule has 1 saturated heterocycles. The molecule has 2 heterocycles. The molecule has 1 aromatic rings. The second-order valence-electron chi connectivity index (χ2n) is 4.46. The van der Waals surface area contributed by atoms with Crippen LogP contribution in [0.3, 0.4) is 0 Å². The molecule has 0 bridgehead atoms. The highest BCUT2D eigenvalue weighted by atomic mass is 16.5. The Hall–Kier alpha value is -1.56. The molecule has 18 heavy (non-hydrogen) atoms. The first kappa shape index (κ1) is 12.9. The van der Waals surface area contributed by atoms with Crippen molar-refractivity contribution in [2.45, 2.75) is 38.8 Å². The minimum absolute atomic E-state index is 0.197. The van der Waals surface area contributed by atoms with Crippen molar-refractivity contribution in [1.82, 2.24) is 9.55 Å². The van der Waals surface area contributed by atoms with Crippen molar-refractivity contribution in [3.8, 4) is 0 Å². The zero-order chi connectivity index (χ0) is 13.1. The van der Waals surface area contributed by atoms with Crippen molar-refractivity contribution in [3.63, 3.8) is 0 Å². The highest BCUT2D eigenvalue weighted by Crippen LogP contribution is 2.20. The predicted molar refractivity (Wildman–Crippen MR) is 66.3 cm³/mol. The lowest BCUT2D eigenvalue weighted by atomic mass is 10.2. The summed E-state index contributed by atoms with van der Waals surface area (Å²) in [5, 5.41) is 0. The number of aryl methyl sites for hydroxylation is 1. The molecule has 0 aromatic carbocycles. The predicted octanol–water partition coefficient (Wildman–Crippen LogP) is 1.13. The van der Waals surface area contributed by atoms with Crippen molar-refractivity contribution in [3.05, 3.63) is 11.5 Å². The molecule has 0 saturated carbocycles. The summed E-state index contributed by atoms with van der Waals surface area (Å²) in [6, 6.07) is 0. The summed E-state index contributed by atoms with van der Waals surface area (Å²) >= 11 is 0. The highest BCUT2D eigenvalue weighted by molar-refractivity contribution is 5.92. The fourth-order valence-electron chi connectivity index (χ4n) is 2.26. The summed E-state index contributed by atoms with van der Waals surface area (Å²) < 4.78 is 12.0. The summed E-state index contributed by atoms with van der Waals surface area (Å²) in [5.41, 5.74) is 6.12. The number of hydrogen-bond donors (Lipinski definition) is 1. The van der Waals surface area contributed by atoms with Crippen molar-refractivity contribution in [2.24, 2.45) is 0 Å². The first-order chi connectivity index (χ1) is 8.63. The van der Waals surface area contributed by atoms with Crippen LogP contribution in [0.25, 0.3) is 0 Å². The van der Waals surface area contributed by atoms with Crippen LogP contribution in [0.1, 0.15) is 35.6 Å². The molecule has 0 spiro atoms. The molecule has 1 aliphatic rings. The topological polar surface area (TPSA) is 79.4 Å². The third kappa shape index (κ3) is 2.48. The minimum atomic E-state index is -0.494. The number of rotatable bonds is 4. The Morgan fingerprint density at radius 1 is 1.67 bits per heavy atom. The number of nitrogen functional groups attached to an aromatic ring is 1. The van der Waals surface area contributed by atoms with Crippen LogP contribution in [-0.4, -0.2) is 35.3 Å². The lowest BCUT2D eigenvalue weighted by Crippen LogP contribution is -2.13. The normalized spacial score (nSPS) is 19.1. The second-order valence-corrected chi connectivity index (χ2v) is 4.46. The lowest BCUT2D eigenvalue weighted by molar-refractivity contribution is 0.0595. The van der Waals surface area contributed by atoms with Gasteiger partial charge in [-0.2, -0.15) is 0 Å². The van der Waals surface area contributed by atoms with Crippen LogP contribution in [0.2, 0.25) is 0 Å². The number of nitrogens with zero attached hydrogens (tertiary/aromatic N) is 2. The monoisotopic (exact) mass is 253 g/mol. The van der Waals surface area contributed by atoms with Gasteiger partial charge in [0.2, 0.25) is 0 Å². The number of nitrogens with two attached hydrogens (primary N) is 1. The van der Waals surface area contributed by atoms with E-state index in [0.29, 0.717) is 18.5 Å². The Kier molecular flexibility index (Phi) is 3.86. The Morgan fingerprint density at radius 3 is 3.06 bits per heavy atom. The van der Waals surface area contributed by atoms with Gasteiger partial charge in [0.1, 0.15) is 11.6 Å². The molecule has 2 N–H and O–H groups in total. The van der Waals surface area contributed by atoms with E-state index in [0.717, 1.165) is 31.7 Å². The summed E-state index contributed by atoms with van der Waals surface area (Å²) in [6.45, 7) is 3.39. The van der Waals surface area contributed by atoms with Gasteiger partial charge in [-0.3, -0.25) is 0 Å². The van der Waals surface area contributed by atoms with E-state index in [9.17, 15) is 4.79 Å². The maximum atomic E-state index is 11.5. The molecule has 1 aliphatic heterocycles. The molecule has 0 radical (unpaired) electrons. The number of ether oxygens (including phenoxy) is 2. The number of carbonyl (C=O) groups excluding carboxylic acids is 1. The van der Waals surface area contributed by atoms with Crippen LogP contribution in [0.15, 0.2) is 0 Å². The molecule has 6 nitrogen and oxygen atoms in total. The Balaban J connectivity index is 2.07. The van der Waals surface area contributed by atoms with Crippen molar-refractivity contribution < 1.29 is 14.3 Å². The highest BCUT2D eigenvalue weighted by Gasteiger charge is 2.21. The van der Waals surface area contributed by atoms with Gasteiger partial charge in [-0.1, -0.05) is 0 Å². The molecule has 0 aliphatic carbocycles. The molecular weight excluding hydrogens is 234 g/mol. The summed E-state index contributed by atoms with van der Waals surface area (Å²) in [6.07, 6.45) is 3.41. The van der Waals surface area contributed by atoms with E-state index >= 15 is 0 Å². The maximum absolute atomic E-state index is 11.5. The van der Waals surface area contributed by atoms with Gasteiger partial charge < -0.3 is 19.8 Å². The molecule has 2 rings (SSSR count). The zero-order valence-corrected chi connectivity index (χ0v) is 10.8. The SMILES string of the molecule is COC(=O)c1nc(C)n(CCC2CCCO2)c1N. The van der Waals surface area contributed by atoms with E-state index in [1.165, 1.54) is 7.11 Å². The first-order valence-corrected chi connectivity index (χ1v) is 6.16. The lowest BCUT2D eigenvalue weighted by Gasteiger charge is -2.11. The summed E-state index contributed by atoms with van der Waals surface area (Å²) in [7, 11) is 1.32. The average Bonchev–Trinajstić information content (AvgIpc) is 2.96. The number of hydrogen-bond acceptors (Lipinski definition) is 5. The van der Waals surface area contributed by atoms with Crippen LogP contribution in [-0.2, 0) is 16.0 Å². The van der Waals surface area contributed by atoms with E-state index in [4.69, 9.17) is 10.5 Å². The summed E-state index contributed by atoms with van der Waals surface area (Å²) in [5.74, 6) is 0.606. The summed E-state index contributed by atoms with van der Waals surface area (Å²) in [4.78, 5) is 15.6. The van der Waals surface area contributed by atoms with Crippen LogP contribution < -0.4 is 5.73 Å². The van der Waals surface area contributed by atoms with Gasteiger partial charge in [-0.05, 0) is 26.2 Å². The van der Waals surface area contributed by atoms with Crippen molar-refractivity contribution >= 4 is 11.8 Å². The Bertz CT molecular complexity index is 436. The minimum Gasteiger partial charge on any atom is -0.464 e. The third-order valence-electron chi connectivity index (χ3n) is 3.28. The average molecular weight is 253 g/mol. The largest absolute Gasteiger partial charge is 0.464 e. The van der Waals surface area contributed by atoms with Crippen molar-refractivity contribution in [2.75, 3.05) is 19.5 Å². The van der Waals surface area contributed by atoms with E-state index in [1.54, 1.807) is 0 Å². The number of carbonyl (C=O) groups is 1. The van der Waals surface area contributed by atoms with Gasteiger partial charge in [0, 0.05) is 13.2 Å². The molecule has 1 unspecified atom stereocenters. The van der Waals surface area contributed by atoms with Gasteiger partial charge in [0.05, 0.1) is 13.2 Å². The molecule has 1 aromatic heterocycles. The number of esters is 1. The molecule has 6 heteroatoms. The Morgan fingerprint density at radius 2 is 2.44 bits per heavy atom. The molecule has 1 fully saturated rings. The quantitative estimate of drug-likeness (QED) is 0.814. The first-order valence-electron chi connectivity index (χ1n) is 6.16. The van der Waals surface area contributed by atoms with Gasteiger partial charge in [-0.15, -0.1) is 0 Å². The fourth-order valence-corrected chi connectivity index (χ4v) is 2.26. The maximum Gasteiger partial charge on any atom is 0.360 e. The van der Waals surface area contributed by atoms with E-state index in [2.05, 4.69) is 9.72 Å². The van der Waals surface area contributed by atoms with Crippen LogP contribution in [0, 0.1) is 6.92 Å². The zero-order valence-electron chi connectivity index (χ0n) is 10.8. The number of anilines is 1. The van der Waals surface area contributed by atoms with E-state index < -0.39 is 5.97 Å². The van der Waals surface area contributed by atoms with Crippen LogP contribution >= 0.6 is 0 Å². The molecular formula is C12H19N3O3. The van der Waals surface area contributed by atoms with E-state index in [-0.39, 0.29) is 5.69 Å². The van der Waals surface area contributed by atoms with Gasteiger partial charge in [0.25, 0.3) is 0 Å². The van der Waals surface area contributed by atoms with Gasteiger partial charge in [-0.25, -0.2) is 9.78 Å². The van der Waals surface area contributed by atoms with Crippen molar-refractivity contribution in [1.29, 1.82) is 0 Å². The van der Waals surface area contributed by atoms with Gasteiger partial charge >= 0.3 is 5.97 Å². The fraction of sp³-hybridized carbons (Fsp3) is 0.667.